The first kappa shape index (κ1) is 31.3. The van der Waals surface area contributed by atoms with Crippen LogP contribution in [0.1, 0.15) is 31.4 Å². The highest BCUT2D eigenvalue weighted by molar-refractivity contribution is 7.92. The van der Waals surface area contributed by atoms with Gasteiger partial charge < -0.3 is 15.0 Å². The normalized spacial score (nSPS) is 11.9. The van der Waals surface area contributed by atoms with Crippen molar-refractivity contribution < 1.29 is 22.7 Å². The SMILES string of the molecule is CCOc1ccc(S(=O)(=O)N(CC(=O)N(Cc2ccc(Cl)c(Cl)c2)C(CC)C(=O)NC)c2ccc(C)cc2)cc1. The van der Waals surface area contributed by atoms with Crippen LogP contribution in [0.3, 0.4) is 0 Å². The average Bonchev–Trinajstić information content (AvgIpc) is 2.94. The predicted octanol–water partition coefficient (Wildman–Crippen LogP) is 5.45. The summed E-state index contributed by atoms with van der Waals surface area (Å²) >= 11 is 12.3. The van der Waals surface area contributed by atoms with E-state index in [0.29, 0.717) is 40.1 Å². The van der Waals surface area contributed by atoms with Crippen LogP contribution in [0.5, 0.6) is 5.75 Å². The maximum Gasteiger partial charge on any atom is 0.264 e. The first-order valence-corrected chi connectivity index (χ1v) is 15.0. The first-order valence-electron chi connectivity index (χ1n) is 12.8. The second kappa shape index (κ2) is 13.9. The zero-order valence-electron chi connectivity index (χ0n) is 22.9. The fourth-order valence-electron chi connectivity index (χ4n) is 4.16. The minimum absolute atomic E-state index is 0.00120. The Kier molecular flexibility index (Phi) is 10.8. The number of nitrogens with one attached hydrogen (secondary N) is 1. The van der Waals surface area contributed by atoms with Gasteiger partial charge in [-0.15, -0.1) is 0 Å². The molecule has 11 heteroatoms. The van der Waals surface area contributed by atoms with E-state index in [9.17, 15) is 18.0 Å². The molecule has 214 valence electrons. The van der Waals surface area contributed by atoms with Crippen molar-refractivity contribution in [2.45, 2.75) is 44.7 Å². The lowest BCUT2D eigenvalue weighted by Gasteiger charge is -2.33. The summed E-state index contributed by atoms with van der Waals surface area (Å²) in [5.41, 5.74) is 1.89. The Morgan fingerprint density at radius 3 is 2.15 bits per heavy atom. The summed E-state index contributed by atoms with van der Waals surface area (Å²) < 4.78 is 34.3. The third-order valence-corrected chi connectivity index (χ3v) is 8.82. The van der Waals surface area contributed by atoms with Crippen LogP contribution >= 0.6 is 23.2 Å². The van der Waals surface area contributed by atoms with E-state index < -0.39 is 28.5 Å². The van der Waals surface area contributed by atoms with E-state index in [0.717, 1.165) is 9.87 Å². The van der Waals surface area contributed by atoms with Gasteiger partial charge in [0, 0.05) is 13.6 Å². The molecule has 0 aliphatic rings. The molecule has 0 saturated carbocycles. The van der Waals surface area contributed by atoms with Crippen LogP contribution in [-0.2, 0) is 26.2 Å². The minimum Gasteiger partial charge on any atom is -0.494 e. The Morgan fingerprint density at radius 2 is 1.60 bits per heavy atom. The van der Waals surface area contributed by atoms with Gasteiger partial charge in [-0.05, 0) is 74.4 Å². The van der Waals surface area contributed by atoms with Crippen LogP contribution in [0, 0.1) is 6.92 Å². The highest BCUT2D eigenvalue weighted by atomic mass is 35.5. The quantitative estimate of drug-likeness (QED) is 0.296. The van der Waals surface area contributed by atoms with Crippen molar-refractivity contribution in [2.24, 2.45) is 0 Å². The fraction of sp³-hybridized carbons (Fsp3) is 0.310. The number of carbonyl (C=O) groups is 2. The molecule has 0 aliphatic heterocycles. The highest BCUT2D eigenvalue weighted by Crippen LogP contribution is 2.27. The molecule has 0 aromatic heterocycles. The number of anilines is 1. The predicted molar refractivity (Wildman–Crippen MR) is 158 cm³/mol. The zero-order chi connectivity index (χ0) is 29.4. The van der Waals surface area contributed by atoms with Crippen LogP contribution in [0.2, 0.25) is 10.0 Å². The Labute approximate surface area is 245 Å². The second-order valence-corrected chi connectivity index (χ2v) is 11.7. The number of rotatable bonds is 12. The molecule has 40 heavy (non-hydrogen) atoms. The van der Waals surface area contributed by atoms with Crippen molar-refractivity contribution in [1.29, 1.82) is 0 Å². The number of hydrogen-bond donors (Lipinski definition) is 1. The van der Waals surface area contributed by atoms with Crippen LogP contribution < -0.4 is 14.4 Å². The largest absolute Gasteiger partial charge is 0.494 e. The van der Waals surface area contributed by atoms with Crippen LogP contribution in [0.25, 0.3) is 0 Å². The standard InChI is InChI=1S/C29H33Cl2N3O5S/c1-5-27(29(36)32-4)33(18-21-9-16-25(30)26(31)17-21)28(35)19-34(22-10-7-20(3)8-11-22)40(37,38)24-14-12-23(13-15-24)39-6-2/h7-17,27H,5-6,18-19H2,1-4H3,(H,32,36). The zero-order valence-corrected chi connectivity index (χ0v) is 25.2. The van der Waals surface area contributed by atoms with Gasteiger partial charge in [-0.1, -0.05) is 53.9 Å². The van der Waals surface area contributed by atoms with E-state index in [-0.39, 0.29) is 17.3 Å². The summed E-state index contributed by atoms with van der Waals surface area (Å²) in [4.78, 5) is 28.1. The van der Waals surface area contributed by atoms with E-state index >= 15 is 0 Å². The molecule has 8 nitrogen and oxygen atoms in total. The molecule has 1 atom stereocenters. The number of carbonyl (C=O) groups excluding carboxylic acids is 2. The lowest BCUT2D eigenvalue weighted by atomic mass is 10.1. The fourth-order valence-corrected chi connectivity index (χ4v) is 5.90. The van der Waals surface area contributed by atoms with E-state index in [1.54, 1.807) is 61.5 Å². The molecule has 0 bridgehead atoms. The van der Waals surface area contributed by atoms with Gasteiger partial charge >= 0.3 is 0 Å². The van der Waals surface area contributed by atoms with Crippen molar-refractivity contribution >= 4 is 50.7 Å². The summed E-state index contributed by atoms with van der Waals surface area (Å²) in [5, 5.41) is 3.26. The number of nitrogens with zero attached hydrogens (tertiary/aromatic N) is 2. The summed E-state index contributed by atoms with van der Waals surface area (Å²) in [6.07, 6.45) is 0.308. The van der Waals surface area contributed by atoms with Gasteiger partial charge in [0.25, 0.3) is 10.0 Å². The van der Waals surface area contributed by atoms with E-state index in [1.165, 1.54) is 24.1 Å². The number of amides is 2. The average molecular weight is 607 g/mol. The van der Waals surface area contributed by atoms with Gasteiger partial charge in [-0.25, -0.2) is 8.42 Å². The highest BCUT2D eigenvalue weighted by Gasteiger charge is 2.33. The van der Waals surface area contributed by atoms with Crippen molar-refractivity contribution in [3.8, 4) is 5.75 Å². The molecule has 2 amide bonds. The maximum absolute atomic E-state index is 13.9. The Balaban J connectivity index is 2.05. The molecule has 0 radical (unpaired) electrons. The smallest absolute Gasteiger partial charge is 0.264 e. The Hall–Kier alpha value is -3.27. The molecular formula is C29H33Cl2N3O5S. The summed E-state index contributed by atoms with van der Waals surface area (Å²) in [6, 6.07) is 17.0. The number of halogens is 2. The van der Waals surface area contributed by atoms with Gasteiger partial charge in [-0.3, -0.25) is 13.9 Å². The summed E-state index contributed by atoms with van der Waals surface area (Å²) in [6.45, 7) is 5.42. The number of aryl methyl sites for hydroxylation is 1. The molecule has 0 fully saturated rings. The van der Waals surface area contributed by atoms with Gasteiger partial charge in [0.2, 0.25) is 11.8 Å². The van der Waals surface area contributed by atoms with Crippen LogP contribution in [-0.4, -0.2) is 51.4 Å². The topological polar surface area (TPSA) is 96.0 Å². The molecule has 1 unspecified atom stereocenters. The van der Waals surface area contributed by atoms with Crippen molar-refractivity contribution in [3.05, 3.63) is 87.9 Å². The van der Waals surface area contributed by atoms with Gasteiger partial charge in [0.05, 0.1) is 27.2 Å². The first-order chi connectivity index (χ1) is 19.0. The number of ether oxygens (including phenoxy) is 1. The number of hydrogen-bond acceptors (Lipinski definition) is 5. The van der Waals surface area contributed by atoms with E-state index in [1.807, 2.05) is 13.8 Å². The van der Waals surface area contributed by atoms with Crippen molar-refractivity contribution in [2.75, 3.05) is 24.5 Å². The van der Waals surface area contributed by atoms with Crippen LogP contribution in [0.4, 0.5) is 5.69 Å². The van der Waals surface area contributed by atoms with Crippen molar-refractivity contribution in [1.82, 2.24) is 10.2 Å². The summed E-state index contributed by atoms with van der Waals surface area (Å²) in [7, 11) is -2.69. The van der Waals surface area contributed by atoms with E-state index in [4.69, 9.17) is 27.9 Å². The Bertz CT molecular complexity index is 1430. The number of likely N-dealkylation sites (N-methyl/N-ethyl adjacent to an activating group) is 1. The lowest BCUT2D eigenvalue weighted by molar-refractivity contribution is -0.140. The molecule has 0 spiro atoms. The Morgan fingerprint density at radius 1 is 0.950 bits per heavy atom. The molecule has 0 saturated heterocycles. The monoisotopic (exact) mass is 605 g/mol. The molecule has 3 rings (SSSR count). The number of benzene rings is 3. The van der Waals surface area contributed by atoms with Gasteiger partial charge in [-0.2, -0.15) is 0 Å². The van der Waals surface area contributed by atoms with Gasteiger partial charge in [0.1, 0.15) is 18.3 Å². The molecule has 3 aromatic carbocycles. The molecule has 0 heterocycles. The molecule has 3 aromatic rings. The van der Waals surface area contributed by atoms with Crippen molar-refractivity contribution in [3.63, 3.8) is 0 Å². The van der Waals surface area contributed by atoms with E-state index in [2.05, 4.69) is 5.32 Å². The van der Waals surface area contributed by atoms with Gasteiger partial charge in [0.15, 0.2) is 0 Å². The molecular weight excluding hydrogens is 573 g/mol. The van der Waals surface area contributed by atoms with Crippen LogP contribution in [0.15, 0.2) is 71.6 Å². The maximum atomic E-state index is 13.9. The third-order valence-electron chi connectivity index (χ3n) is 6.29. The summed E-state index contributed by atoms with van der Waals surface area (Å²) in [5.74, 6) is -0.396. The minimum atomic E-state index is -4.18. The third kappa shape index (κ3) is 7.47. The molecule has 1 N–H and O–H groups in total. The second-order valence-electron chi connectivity index (χ2n) is 9.06. The molecule has 0 aliphatic carbocycles. The lowest BCUT2D eigenvalue weighted by Crippen LogP contribution is -2.51. The number of sulfonamides is 1.